The van der Waals surface area contributed by atoms with Gasteiger partial charge in [-0.2, -0.15) is 0 Å². The van der Waals surface area contributed by atoms with Gasteiger partial charge < -0.3 is 10.1 Å². The standard InChI is InChI=1S/C14H23NO/c1-5-8-15-10-13(4)16-14-7-6-11(2)12(3)9-14/h6-7,9,13,15H,5,8,10H2,1-4H3. The van der Waals surface area contributed by atoms with Crippen molar-refractivity contribution in [2.45, 2.75) is 40.2 Å². The Morgan fingerprint density at radius 1 is 1.25 bits per heavy atom. The van der Waals surface area contributed by atoms with Crippen molar-refractivity contribution >= 4 is 0 Å². The Kier molecular flexibility index (Phi) is 5.33. The van der Waals surface area contributed by atoms with Gasteiger partial charge in [0.25, 0.3) is 0 Å². The highest BCUT2D eigenvalue weighted by atomic mass is 16.5. The highest BCUT2D eigenvalue weighted by Gasteiger charge is 2.03. The average Bonchev–Trinajstić information content (AvgIpc) is 2.24. The number of aryl methyl sites for hydroxylation is 2. The largest absolute Gasteiger partial charge is 0.489 e. The van der Waals surface area contributed by atoms with Crippen molar-refractivity contribution in [1.29, 1.82) is 0 Å². The van der Waals surface area contributed by atoms with E-state index in [1.165, 1.54) is 11.1 Å². The number of hydrogen-bond acceptors (Lipinski definition) is 2. The average molecular weight is 221 g/mol. The van der Waals surface area contributed by atoms with Crippen molar-refractivity contribution in [2.75, 3.05) is 13.1 Å². The van der Waals surface area contributed by atoms with E-state index in [-0.39, 0.29) is 6.10 Å². The fraction of sp³-hybridized carbons (Fsp3) is 0.571. The van der Waals surface area contributed by atoms with Gasteiger partial charge in [-0.05, 0) is 57.0 Å². The number of ether oxygens (including phenoxy) is 1. The van der Waals surface area contributed by atoms with Crippen molar-refractivity contribution in [3.05, 3.63) is 29.3 Å². The summed E-state index contributed by atoms with van der Waals surface area (Å²) in [5.74, 6) is 0.967. The maximum atomic E-state index is 5.83. The molecule has 0 heterocycles. The molecule has 1 atom stereocenters. The Morgan fingerprint density at radius 3 is 2.62 bits per heavy atom. The molecule has 0 saturated heterocycles. The molecule has 0 saturated carbocycles. The lowest BCUT2D eigenvalue weighted by Gasteiger charge is -2.16. The van der Waals surface area contributed by atoms with Gasteiger partial charge in [0.15, 0.2) is 0 Å². The number of rotatable bonds is 6. The molecule has 2 heteroatoms. The molecule has 0 aliphatic carbocycles. The topological polar surface area (TPSA) is 21.3 Å². The Hall–Kier alpha value is -1.02. The molecule has 1 aromatic carbocycles. The third-order valence-corrected chi connectivity index (χ3v) is 2.67. The smallest absolute Gasteiger partial charge is 0.120 e. The molecule has 1 rings (SSSR count). The van der Waals surface area contributed by atoms with Gasteiger partial charge in [-0.1, -0.05) is 13.0 Å². The van der Waals surface area contributed by atoms with Crippen molar-refractivity contribution in [2.24, 2.45) is 0 Å². The fourth-order valence-electron chi connectivity index (χ4n) is 1.54. The Bertz CT molecular complexity index is 323. The predicted octanol–water partition coefficient (Wildman–Crippen LogP) is 3.07. The fourth-order valence-corrected chi connectivity index (χ4v) is 1.54. The number of hydrogen-bond donors (Lipinski definition) is 1. The molecule has 0 radical (unpaired) electrons. The quantitative estimate of drug-likeness (QED) is 0.745. The first kappa shape index (κ1) is 13.0. The normalized spacial score (nSPS) is 12.5. The van der Waals surface area contributed by atoms with Gasteiger partial charge in [-0.25, -0.2) is 0 Å². The summed E-state index contributed by atoms with van der Waals surface area (Å²) in [5.41, 5.74) is 2.59. The van der Waals surface area contributed by atoms with E-state index >= 15 is 0 Å². The summed E-state index contributed by atoms with van der Waals surface area (Å²) in [7, 11) is 0. The Morgan fingerprint density at radius 2 is 2.00 bits per heavy atom. The molecule has 0 aliphatic heterocycles. The van der Waals surface area contributed by atoms with Crippen LogP contribution < -0.4 is 10.1 Å². The molecule has 0 amide bonds. The van der Waals surface area contributed by atoms with Crippen LogP contribution >= 0.6 is 0 Å². The molecular formula is C14H23NO. The summed E-state index contributed by atoms with van der Waals surface area (Å²) in [6.45, 7) is 10.5. The van der Waals surface area contributed by atoms with E-state index in [1.54, 1.807) is 0 Å². The zero-order chi connectivity index (χ0) is 12.0. The van der Waals surface area contributed by atoms with E-state index in [1.807, 2.05) is 6.07 Å². The predicted molar refractivity (Wildman–Crippen MR) is 69.2 cm³/mol. The first-order valence-electron chi connectivity index (χ1n) is 6.08. The lowest BCUT2D eigenvalue weighted by atomic mass is 10.1. The summed E-state index contributed by atoms with van der Waals surface area (Å²) < 4.78 is 5.83. The van der Waals surface area contributed by atoms with E-state index in [0.717, 1.165) is 25.3 Å². The molecule has 1 unspecified atom stereocenters. The van der Waals surface area contributed by atoms with Crippen LogP contribution in [0.1, 0.15) is 31.4 Å². The number of benzene rings is 1. The third-order valence-electron chi connectivity index (χ3n) is 2.67. The lowest BCUT2D eigenvalue weighted by molar-refractivity contribution is 0.217. The van der Waals surface area contributed by atoms with Crippen LogP contribution in [-0.4, -0.2) is 19.2 Å². The van der Waals surface area contributed by atoms with Crippen LogP contribution in [0.3, 0.4) is 0 Å². The van der Waals surface area contributed by atoms with Gasteiger partial charge in [-0.3, -0.25) is 0 Å². The van der Waals surface area contributed by atoms with Gasteiger partial charge in [-0.15, -0.1) is 0 Å². The van der Waals surface area contributed by atoms with Crippen LogP contribution in [0.25, 0.3) is 0 Å². The first-order valence-corrected chi connectivity index (χ1v) is 6.08. The molecule has 1 N–H and O–H groups in total. The third kappa shape index (κ3) is 4.23. The minimum absolute atomic E-state index is 0.216. The molecule has 0 aromatic heterocycles. The minimum atomic E-state index is 0.216. The molecule has 0 fully saturated rings. The second-order valence-corrected chi connectivity index (χ2v) is 4.38. The van der Waals surface area contributed by atoms with Crippen molar-refractivity contribution in [3.8, 4) is 5.75 Å². The highest BCUT2D eigenvalue weighted by Crippen LogP contribution is 2.17. The van der Waals surface area contributed by atoms with E-state index in [4.69, 9.17) is 4.74 Å². The maximum Gasteiger partial charge on any atom is 0.120 e. The highest BCUT2D eigenvalue weighted by molar-refractivity contribution is 5.33. The van der Waals surface area contributed by atoms with Crippen molar-refractivity contribution in [1.82, 2.24) is 5.32 Å². The summed E-state index contributed by atoms with van der Waals surface area (Å²) in [6.07, 6.45) is 1.38. The monoisotopic (exact) mass is 221 g/mol. The number of nitrogens with one attached hydrogen (secondary N) is 1. The van der Waals surface area contributed by atoms with Crippen LogP contribution in [0.5, 0.6) is 5.75 Å². The van der Waals surface area contributed by atoms with Crippen molar-refractivity contribution < 1.29 is 4.74 Å². The second-order valence-electron chi connectivity index (χ2n) is 4.38. The van der Waals surface area contributed by atoms with Gasteiger partial charge in [0.1, 0.15) is 11.9 Å². The zero-order valence-electron chi connectivity index (χ0n) is 10.8. The molecule has 1 aromatic rings. The molecule has 90 valence electrons. The van der Waals surface area contributed by atoms with Gasteiger partial charge in [0, 0.05) is 6.54 Å². The van der Waals surface area contributed by atoms with E-state index in [2.05, 4.69) is 45.1 Å². The molecular weight excluding hydrogens is 198 g/mol. The second kappa shape index (κ2) is 6.54. The minimum Gasteiger partial charge on any atom is -0.489 e. The van der Waals surface area contributed by atoms with Crippen LogP contribution in [0.15, 0.2) is 18.2 Å². The van der Waals surface area contributed by atoms with Crippen LogP contribution in [0, 0.1) is 13.8 Å². The van der Waals surface area contributed by atoms with Crippen LogP contribution in [0.2, 0.25) is 0 Å². The Labute approximate surface area is 99.0 Å². The first-order chi connectivity index (χ1) is 7.63. The van der Waals surface area contributed by atoms with Gasteiger partial charge >= 0.3 is 0 Å². The van der Waals surface area contributed by atoms with E-state index < -0.39 is 0 Å². The van der Waals surface area contributed by atoms with E-state index in [9.17, 15) is 0 Å². The Balaban J connectivity index is 2.43. The molecule has 2 nitrogen and oxygen atoms in total. The van der Waals surface area contributed by atoms with Crippen LogP contribution in [-0.2, 0) is 0 Å². The maximum absolute atomic E-state index is 5.83. The molecule has 0 spiro atoms. The molecule has 0 bridgehead atoms. The molecule has 0 aliphatic rings. The SMILES string of the molecule is CCCNCC(C)Oc1ccc(C)c(C)c1. The lowest BCUT2D eigenvalue weighted by Crippen LogP contribution is -2.29. The van der Waals surface area contributed by atoms with Gasteiger partial charge in [0.2, 0.25) is 0 Å². The van der Waals surface area contributed by atoms with Crippen LogP contribution in [0.4, 0.5) is 0 Å². The van der Waals surface area contributed by atoms with E-state index in [0.29, 0.717) is 0 Å². The summed E-state index contributed by atoms with van der Waals surface area (Å²) in [6, 6.07) is 6.25. The summed E-state index contributed by atoms with van der Waals surface area (Å²) in [4.78, 5) is 0. The molecule has 16 heavy (non-hydrogen) atoms. The van der Waals surface area contributed by atoms with Gasteiger partial charge in [0.05, 0.1) is 0 Å². The van der Waals surface area contributed by atoms with Crippen molar-refractivity contribution in [3.63, 3.8) is 0 Å². The zero-order valence-corrected chi connectivity index (χ0v) is 10.8. The summed E-state index contributed by atoms with van der Waals surface area (Å²) >= 11 is 0. The summed E-state index contributed by atoms with van der Waals surface area (Å²) in [5, 5.41) is 3.36.